The van der Waals surface area contributed by atoms with Gasteiger partial charge >= 0.3 is 0 Å². The van der Waals surface area contributed by atoms with Gasteiger partial charge in [0.2, 0.25) is 10.0 Å². The number of nitrogens with zero attached hydrogens (tertiary/aromatic N) is 3. The molecule has 0 aliphatic heterocycles. The third kappa shape index (κ3) is 3.94. The Hall–Kier alpha value is -2.10. The van der Waals surface area contributed by atoms with Gasteiger partial charge in [0.05, 0.1) is 4.90 Å². The first kappa shape index (κ1) is 17.7. The number of nitrogens with two attached hydrogens (primary N) is 1. The van der Waals surface area contributed by atoms with Crippen LogP contribution in [0.5, 0.6) is 0 Å². The SMILES string of the molecule is CCCc1nc(Cc2cccs2)nn1-c1cc(S(N)(=O)=O)ccc1F. The van der Waals surface area contributed by atoms with Crippen molar-refractivity contribution in [2.45, 2.75) is 31.1 Å². The van der Waals surface area contributed by atoms with E-state index in [2.05, 4.69) is 10.1 Å². The average Bonchev–Trinajstić information content (AvgIpc) is 3.17. The Labute approximate surface area is 149 Å². The molecule has 6 nitrogen and oxygen atoms in total. The van der Waals surface area contributed by atoms with Crippen LogP contribution >= 0.6 is 11.3 Å². The maximum Gasteiger partial charge on any atom is 0.238 e. The Balaban J connectivity index is 2.07. The zero-order chi connectivity index (χ0) is 18.0. The smallest absolute Gasteiger partial charge is 0.225 e. The summed E-state index contributed by atoms with van der Waals surface area (Å²) in [5.41, 5.74) is 0.0277. The summed E-state index contributed by atoms with van der Waals surface area (Å²) in [6, 6.07) is 7.32. The van der Waals surface area contributed by atoms with Crippen molar-refractivity contribution in [1.82, 2.24) is 14.8 Å². The third-order valence-corrected chi connectivity index (χ3v) is 5.37. The van der Waals surface area contributed by atoms with Crippen molar-refractivity contribution in [2.24, 2.45) is 5.14 Å². The fourth-order valence-electron chi connectivity index (χ4n) is 2.45. The van der Waals surface area contributed by atoms with E-state index in [-0.39, 0.29) is 10.6 Å². The molecule has 0 atom stereocenters. The van der Waals surface area contributed by atoms with Crippen molar-refractivity contribution < 1.29 is 12.8 Å². The number of thiophene rings is 1. The van der Waals surface area contributed by atoms with E-state index in [1.54, 1.807) is 11.3 Å². The highest BCUT2D eigenvalue weighted by Gasteiger charge is 2.18. The quantitative estimate of drug-likeness (QED) is 0.712. The van der Waals surface area contributed by atoms with Gasteiger partial charge in [0.25, 0.3) is 0 Å². The van der Waals surface area contributed by atoms with Crippen LogP contribution in [-0.4, -0.2) is 23.2 Å². The number of hydrogen-bond donors (Lipinski definition) is 1. The highest BCUT2D eigenvalue weighted by atomic mass is 32.2. The number of benzene rings is 1. The molecular weight excluding hydrogens is 363 g/mol. The lowest BCUT2D eigenvalue weighted by Crippen LogP contribution is -2.14. The molecule has 0 bridgehead atoms. The number of halogens is 1. The zero-order valence-corrected chi connectivity index (χ0v) is 15.1. The summed E-state index contributed by atoms with van der Waals surface area (Å²) in [6.07, 6.45) is 1.93. The standard InChI is InChI=1S/C16H17FN4O2S2/c1-2-4-16-19-15(9-11-5-3-8-24-11)20-21(16)14-10-12(25(18,22)23)6-7-13(14)17/h3,5-8,10H,2,4,9H2,1H3,(H2,18,22,23). The van der Waals surface area contributed by atoms with Gasteiger partial charge in [-0.05, 0) is 36.1 Å². The van der Waals surface area contributed by atoms with Crippen LogP contribution in [0.15, 0.2) is 40.6 Å². The van der Waals surface area contributed by atoms with Gasteiger partial charge in [-0.3, -0.25) is 0 Å². The molecule has 1 aromatic carbocycles. The predicted molar refractivity (Wildman–Crippen MR) is 93.8 cm³/mol. The van der Waals surface area contributed by atoms with Crippen molar-refractivity contribution in [3.63, 3.8) is 0 Å². The molecule has 0 spiro atoms. The van der Waals surface area contributed by atoms with Gasteiger partial charge in [0.15, 0.2) is 5.82 Å². The normalized spacial score (nSPS) is 11.8. The lowest BCUT2D eigenvalue weighted by Gasteiger charge is -2.08. The number of primary sulfonamides is 1. The minimum absolute atomic E-state index is 0.0277. The second-order valence-corrected chi connectivity index (χ2v) is 8.11. The van der Waals surface area contributed by atoms with Gasteiger partial charge in [-0.25, -0.2) is 27.6 Å². The number of aryl methyl sites for hydroxylation is 1. The van der Waals surface area contributed by atoms with Gasteiger partial charge in [0, 0.05) is 17.7 Å². The Morgan fingerprint density at radius 3 is 2.76 bits per heavy atom. The van der Waals surface area contributed by atoms with Crippen LogP contribution in [0, 0.1) is 5.82 Å². The topological polar surface area (TPSA) is 90.9 Å². The first-order valence-electron chi connectivity index (χ1n) is 7.68. The Morgan fingerprint density at radius 2 is 2.12 bits per heavy atom. The van der Waals surface area contributed by atoms with E-state index in [0.29, 0.717) is 24.5 Å². The molecule has 132 valence electrons. The van der Waals surface area contributed by atoms with Crippen LogP contribution in [-0.2, 0) is 22.9 Å². The largest absolute Gasteiger partial charge is 0.238 e. The Bertz CT molecular complexity index is 982. The van der Waals surface area contributed by atoms with Gasteiger partial charge in [-0.1, -0.05) is 13.0 Å². The molecule has 3 rings (SSSR count). The molecule has 9 heteroatoms. The number of aromatic nitrogens is 3. The molecule has 0 aliphatic rings. The summed E-state index contributed by atoms with van der Waals surface area (Å²) < 4.78 is 38.8. The fourth-order valence-corrected chi connectivity index (χ4v) is 3.68. The van der Waals surface area contributed by atoms with E-state index in [9.17, 15) is 12.8 Å². The van der Waals surface area contributed by atoms with Crippen molar-refractivity contribution in [3.8, 4) is 5.69 Å². The van der Waals surface area contributed by atoms with Crippen LogP contribution in [0.25, 0.3) is 5.69 Å². The van der Waals surface area contributed by atoms with Crippen LogP contribution in [0.1, 0.15) is 29.9 Å². The zero-order valence-electron chi connectivity index (χ0n) is 13.5. The second-order valence-electron chi connectivity index (χ2n) is 5.52. The molecule has 2 aromatic heterocycles. The minimum atomic E-state index is -3.94. The number of sulfonamides is 1. The Morgan fingerprint density at radius 1 is 1.32 bits per heavy atom. The molecule has 2 N–H and O–H groups in total. The minimum Gasteiger partial charge on any atom is -0.225 e. The number of hydrogen-bond acceptors (Lipinski definition) is 5. The van der Waals surface area contributed by atoms with Gasteiger partial charge in [-0.15, -0.1) is 11.3 Å². The molecule has 0 aliphatic carbocycles. The van der Waals surface area contributed by atoms with E-state index < -0.39 is 15.8 Å². The molecule has 0 saturated carbocycles. The van der Waals surface area contributed by atoms with E-state index in [1.165, 1.54) is 10.7 Å². The van der Waals surface area contributed by atoms with Gasteiger partial charge < -0.3 is 0 Å². The summed E-state index contributed by atoms with van der Waals surface area (Å²) in [6.45, 7) is 1.98. The first-order chi connectivity index (χ1) is 11.9. The lowest BCUT2D eigenvalue weighted by molar-refractivity contribution is 0.591. The van der Waals surface area contributed by atoms with Crippen molar-refractivity contribution >= 4 is 21.4 Å². The molecule has 0 saturated heterocycles. The monoisotopic (exact) mass is 380 g/mol. The highest BCUT2D eigenvalue weighted by molar-refractivity contribution is 7.89. The van der Waals surface area contributed by atoms with Crippen molar-refractivity contribution in [2.75, 3.05) is 0 Å². The first-order valence-corrected chi connectivity index (χ1v) is 10.1. The fraction of sp³-hybridized carbons (Fsp3) is 0.250. The highest BCUT2D eigenvalue weighted by Crippen LogP contribution is 2.21. The molecule has 25 heavy (non-hydrogen) atoms. The lowest BCUT2D eigenvalue weighted by atomic mass is 10.3. The summed E-state index contributed by atoms with van der Waals surface area (Å²) in [4.78, 5) is 5.43. The molecule has 2 heterocycles. The second kappa shape index (κ2) is 7.03. The van der Waals surface area contributed by atoms with Gasteiger partial charge in [-0.2, -0.15) is 5.10 Å². The van der Waals surface area contributed by atoms with Crippen LogP contribution < -0.4 is 5.14 Å². The van der Waals surface area contributed by atoms with Crippen LogP contribution in [0.3, 0.4) is 0 Å². The van der Waals surface area contributed by atoms with Gasteiger partial charge in [0.1, 0.15) is 17.3 Å². The van der Waals surface area contributed by atoms with Crippen molar-refractivity contribution in [1.29, 1.82) is 0 Å². The molecule has 0 radical (unpaired) electrons. The van der Waals surface area contributed by atoms with Crippen molar-refractivity contribution in [3.05, 3.63) is 58.1 Å². The summed E-state index contributed by atoms with van der Waals surface area (Å²) in [5.74, 6) is 0.558. The molecule has 0 amide bonds. The summed E-state index contributed by atoms with van der Waals surface area (Å²) in [7, 11) is -3.94. The van der Waals surface area contributed by atoms with E-state index in [4.69, 9.17) is 5.14 Å². The molecule has 0 unspecified atom stereocenters. The summed E-state index contributed by atoms with van der Waals surface area (Å²) in [5, 5.41) is 11.5. The van der Waals surface area contributed by atoms with Crippen LogP contribution in [0.2, 0.25) is 0 Å². The predicted octanol–water partition coefficient (Wildman–Crippen LogP) is 2.66. The number of rotatable bonds is 6. The maximum atomic E-state index is 14.3. The van der Waals surface area contributed by atoms with E-state index >= 15 is 0 Å². The molecule has 3 aromatic rings. The molecule has 0 fully saturated rings. The van der Waals surface area contributed by atoms with E-state index in [0.717, 1.165) is 23.4 Å². The summed E-state index contributed by atoms with van der Waals surface area (Å²) >= 11 is 1.59. The van der Waals surface area contributed by atoms with E-state index in [1.807, 2.05) is 24.4 Å². The third-order valence-electron chi connectivity index (χ3n) is 3.58. The molecular formula is C16H17FN4O2S2. The average molecular weight is 380 g/mol. The van der Waals surface area contributed by atoms with Crippen LogP contribution in [0.4, 0.5) is 4.39 Å². The Kier molecular flexibility index (Phi) is 4.98. The maximum absolute atomic E-state index is 14.3.